The summed E-state index contributed by atoms with van der Waals surface area (Å²) in [5, 5.41) is 10.0. The molecule has 7 aromatic rings. The minimum Gasteiger partial charge on any atom is -0.461 e. The molecule has 280 valence electrons. The summed E-state index contributed by atoms with van der Waals surface area (Å²) in [6, 6.07) is 35.5. The Balaban J connectivity index is 1.04. The highest BCUT2D eigenvalue weighted by Crippen LogP contribution is 2.43. The van der Waals surface area contributed by atoms with Crippen molar-refractivity contribution in [3.63, 3.8) is 0 Å². The third-order valence-corrected chi connectivity index (χ3v) is 12.2. The second kappa shape index (κ2) is 16.4. The van der Waals surface area contributed by atoms with Gasteiger partial charge in [-0.1, -0.05) is 165 Å². The standard InChI is InChI=1S/C56H44OS/c1-4-19-39(38(3)29-32-45-34-44-33-42-35-51-46-23-17-18-28-53(46)58-54(51)37-43(42)36-52(44)57-45)30-31-40(20-5-2)55-47-24-13-15-26-49(47)56(50-27-16-14-25-48(50)55)41-21-11-9-7-6-8-10-12-22-41/h4-7,9-20,22-33,35-37H,1-2,8,21,34H2,3H3/b7-6-,11-9-,12-10-,31-30+,38-29+,39-19-,40-20-,41-22?,45-32+. The lowest BCUT2D eigenvalue weighted by molar-refractivity contribution is 0.447. The molecule has 2 heteroatoms. The van der Waals surface area contributed by atoms with Crippen LogP contribution in [-0.4, -0.2) is 0 Å². The van der Waals surface area contributed by atoms with Crippen LogP contribution in [0.5, 0.6) is 5.75 Å². The third-order valence-electron chi connectivity index (χ3n) is 11.1. The summed E-state index contributed by atoms with van der Waals surface area (Å²) in [7, 11) is 0. The highest BCUT2D eigenvalue weighted by atomic mass is 32.1. The number of rotatable bonds is 8. The molecule has 1 aromatic heterocycles. The van der Waals surface area contributed by atoms with E-state index < -0.39 is 0 Å². The first kappa shape index (κ1) is 36.9. The normalized spacial score (nSPS) is 17.6. The molecular weight excluding hydrogens is 721 g/mol. The van der Waals surface area contributed by atoms with Gasteiger partial charge in [0, 0.05) is 32.2 Å². The monoisotopic (exact) mass is 764 g/mol. The maximum absolute atomic E-state index is 6.45. The Morgan fingerprint density at radius 2 is 1.34 bits per heavy atom. The molecule has 9 rings (SSSR count). The molecule has 1 aliphatic carbocycles. The molecule has 1 aliphatic heterocycles. The summed E-state index contributed by atoms with van der Waals surface area (Å²) < 4.78 is 9.08. The first-order valence-corrected chi connectivity index (χ1v) is 20.8. The van der Waals surface area contributed by atoms with Gasteiger partial charge in [-0.25, -0.2) is 0 Å². The number of allylic oxidation sites excluding steroid dienone is 20. The molecule has 0 saturated carbocycles. The minimum absolute atomic E-state index is 0.761. The molecule has 0 saturated heterocycles. The predicted molar refractivity (Wildman–Crippen MR) is 255 cm³/mol. The fourth-order valence-corrected chi connectivity index (χ4v) is 9.47. The van der Waals surface area contributed by atoms with Gasteiger partial charge in [0.15, 0.2) is 0 Å². The van der Waals surface area contributed by atoms with Crippen molar-refractivity contribution in [2.24, 2.45) is 0 Å². The number of hydrogen-bond acceptors (Lipinski definition) is 2. The highest BCUT2D eigenvalue weighted by Gasteiger charge is 2.20. The van der Waals surface area contributed by atoms with Crippen LogP contribution >= 0.6 is 11.3 Å². The van der Waals surface area contributed by atoms with Gasteiger partial charge < -0.3 is 4.74 Å². The Kier molecular flexibility index (Phi) is 10.4. The zero-order valence-corrected chi connectivity index (χ0v) is 33.6. The first-order chi connectivity index (χ1) is 28.6. The van der Waals surface area contributed by atoms with Crippen LogP contribution in [0.15, 0.2) is 218 Å². The molecule has 1 nitrogen and oxygen atoms in total. The Morgan fingerprint density at radius 3 is 2.12 bits per heavy atom. The maximum atomic E-state index is 6.45. The summed E-state index contributed by atoms with van der Waals surface area (Å²) in [5.74, 6) is 1.88. The Labute approximate surface area is 345 Å². The van der Waals surface area contributed by atoms with Crippen molar-refractivity contribution in [3.8, 4) is 5.75 Å². The van der Waals surface area contributed by atoms with Crippen molar-refractivity contribution in [1.29, 1.82) is 0 Å². The van der Waals surface area contributed by atoms with E-state index in [-0.39, 0.29) is 0 Å². The van der Waals surface area contributed by atoms with E-state index in [1.807, 2.05) is 23.5 Å². The summed E-state index contributed by atoms with van der Waals surface area (Å²) in [5.41, 5.74) is 8.27. The lowest BCUT2D eigenvalue weighted by atomic mass is 9.84. The van der Waals surface area contributed by atoms with Gasteiger partial charge in [0.25, 0.3) is 0 Å². The van der Waals surface area contributed by atoms with Gasteiger partial charge in [-0.2, -0.15) is 0 Å². The second-order valence-corrected chi connectivity index (χ2v) is 15.9. The first-order valence-electron chi connectivity index (χ1n) is 20.0. The molecule has 58 heavy (non-hydrogen) atoms. The number of fused-ring (bicyclic) bond motifs is 7. The number of thiophene rings is 1. The van der Waals surface area contributed by atoms with Gasteiger partial charge in [-0.05, 0) is 122 Å². The van der Waals surface area contributed by atoms with Crippen molar-refractivity contribution in [2.45, 2.75) is 26.2 Å². The van der Waals surface area contributed by atoms with E-state index in [1.54, 1.807) is 0 Å². The van der Waals surface area contributed by atoms with Crippen LogP contribution in [0.25, 0.3) is 63.6 Å². The van der Waals surface area contributed by atoms with Crippen molar-refractivity contribution in [3.05, 3.63) is 235 Å². The van der Waals surface area contributed by atoms with Gasteiger partial charge in [0.1, 0.15) is 11.5 Å². The fraction of sp³-hybridized carbons (Fsp3) is 0.0714. The lowest BCUT2D eigenvalue weighted by Gasteiger charge is -2.19. The fourth-order valence-electron chi connectivity index (χ4n) is 8.34. The number of hydrogen-bond donors (Lipinski definition) is 0. The SMILES string of the molecule is C=C/C=C(/C=C/C(=C/C=C)c1c2ccccc2c(C2=C/C=C\C/C=C\C=C/C2)c2ccccc12)C(\C)=C\C=C1/Cc2cc3cc4c(cc3cc2O1)sc1ccccc14. The van der Waals surface area contributed by atoms with Crippen molar-refractivity contribution in [2.75, 3.05) is 0 Å². The van der Waals surface area contributed by atoms with E-state index in [9.17, 15) is 0 Å². The molecule has 2 heterocycles. The van der Waals surface area contributed by atoms with Gasteiger partial charge in [0.05, 0.1) is 0 Å². The molecule has 0 bridgehead atoms. The van der Waals surface area contributed by atoms with Crippen LogP contribution in [0, 0.1) is 0 Å². The van der Waals surface area contributed by atoms with Crippen LogP contribution in [0.1, 0.15) is 36.5 Å². The molecule has 0 unspecified atom stereocenters. The average Bonchev–Trinajstić information content (AvgIpc) is 3.83. The smallest absolute Gasteiger partial charge is 0.131 e. The predicted octanol–water partition coefficient (Wildman–Crippen LogP) is 16.1. The quantitative estimate of drug-likeness (QED) is 0.111. The van der Waals surface area contributed by atoms with Gasteiger partial charge in [-0.3, -0.25) is 0 Å². The van der Waals surface area contributed by atoms with Crippen LogP contribution in [-0.2, 0) is 6.42 Å². The van der Waals surface area contributed by atoms with Gasteiger partial charge in [0.2, 0.25) is 0 Å². The summed E-state index contributed by atoms with van der Waals surface area (Å²) in [6.07, 6.45) is 34.6. The Morgan fingerprint density at radius 1 is 0.655 bits per heavy atom. The molecule has 6 aromatic carbocycles. The molecular formula is C56H44OS. The second-order valence-electron chi connectivity index (χ2n) is 14.8. The zero-order valence-electron chi connectivity index (χ0n) is 32.7. The van der Waals surface area contributed by atoms with E-state index in [0.717, 1.165) is 47.5 Å². The Hall–Kier alpha value is -6.74. The molecule has 0 amide bonds. The van der Waals surface area contributed by atoms with Crippen LogP contribution in [0.4, 0.5) is 0 Å². The van der Waals surface area contributed by atoms with E-state index in [4.69, 9.17) is 4.74 Å². The Bertz CT molecular complexity index is 3030. The van der Waals surface area contributed by atoms with Gasteiger partial charge in [-0.15, -0.1) is 11.3 Å². The number of ether oxygens (including phenoxy) is 1. The van der Waals surface area contributed by atoms with Crippen LogP contribution in [0.2, 0.25) is 0 Å². The molecule has 0 radical (unpaired) electrons. The topological polar surface area (TPSA) is 9.23 Å². The van der Waals surface area contributed by atoms with E-state index in [0.29, 0.717) is 0 Å². The maximum Gasteiger partial charge on any atom is 0.131 e. The van der Waals surface area contributed by atoms with E-state index in [2.05, 4.69) is 196 Å². The van der Waals surface area contributed by atoms with Crippen molar-refractivity contribution in [1.82, 2.24) is 0 Å². The van der Waals surface area contributed by atoms with Crippen LogP contribution in [0.3, 0.4) is 0 Å². The zero-order chi connectivity index (χ0) is 39.4. The lowest BCUT2D eigenvalue weighted by Crippen LogP contribution is -1.96. The third kappa shape index (κ3) is 7.20. The average molecular weight is 765 g/mol. The molecule has 0 N–H and O–H groups in total. The summed E-state index contributed by atoms with van der Waals surface area (Å²) in [6.45, 7) is 10.3. The summed E-state index contributed by atoms with van der Waals surface area (Å²) >= 11 is 1.85. The minimum atomic E-state index is 0.761. The van der Waals surface area contributed by atoms with Crippen molar-refractivity contribution < 1.29 is 4.74 Å². The van der Waals surface area contributed by atoms with E-state index in [1.165, 1.54) is 74.8 Å². The van der Waals surface area contributed by atoms with Crippen LogP contribution < -0.4 is 4.74 Å². The molecule has 0 spiro atoms. The number of benzene rings is 6. The molecule has 0 atom stereocenters. The molecule has 2 aliphatic rings. The van der Waals surface area contributed by atoms with Gasteiger partial charge >= 0.3 is 0 Å². The highest BCUT2D eigenvalue weighted by molar-refractivity contribution is 7.25. The summed E-state index contributed by atoms with van der Waals surface area (Å²) in [4.78, 5) is 0. The molecule has 0 fully saturated rings. The van der Waals surface area contributed by atoms with Crippen molar-refractivity contribution >= 4 is 75.0 Å². The van der Waals surface area contributed by atoms with E-state index >= 15 is 0 Å². The largest absolute Gasteiger partial charge is 0.461 e.